The Morgan fingerprint density at radius 1 is 1.55 bits per heavy atom. The number of unbranched alkanes of at least 4 members (excludes halogenated alkanes) is 1. The first-order chi connectivity index (χ1) is 5.33. The second-order valence-electron chi connectivity index (χ2n) is 3.39. The van der Waals surface area contributed by atoms with Gasteiger partial charge in [0.1, 0.15) is 0 Å². The van der Waals surface area contributed by atoms with Crippen LogP contribution in [0.5, 0.6) is 0 Å². The first kappa shape index (κ1) is 9.01. The van der Waals surface area contributed by atoms with Gasteiger partial charge in [-0.25, -0.2) is 0 Å². The van der Waals surface area contributed by atoms with E-state index >= 15 is 0 Å². The summed E-state index contributed by atoms with van der Waals surface area (Å²) in [6.07, 6.45) is 4.10. The molecule has 1 N–H and O–H groups in total. The molecule has 0 aromatic carbocycles. The summed E-state index contributed by atoms with van der Waals surface area (Å²) >= 11 is 0. The number of rotatable bonds is 4. The van der Waals surface area contributed by atoms with Gasteiger partial charge in [-0.1, -0.05) is 13.3 Å². The van der Waals surface area contributed by atoms with E-state index in [9.17, 15) is 0 Å². The second kappa shape index (κ2) is 4.73. The minimum atomic E-state index is 0.483. The van der Waals surface area contributed by atoms with Crippen LogP contribution in [0.15, 0.2) is 0 Å². The van der Waals surface area contributed by atoms with Crippen LogP contribution in [0.4, 0.5) is 0 Å². The fourth-order valence-corrected chi connectivity index (χ4v) is 1.41. The molecule has 2 unspecified atom stereocenters. The molecule has 1 heterocycles. The summed E-state index contributed by atoms with van der Waals surface area (Å²) in [6.45, 7) is 6.39. The highest BCUT2D eigenvalue weighted by Crippen LogP contribution is 2.09. The summed E-state index contributed by atoms with van der Waals surface area (Å²) in [5.41, 5.74) is 0. The van der Waals surface area contributed by atoms with E-state index in [1.54, 1.807) is 0 Å². The summed E-state index contributed by atoms with van der Waals surface area (Å²) < 4.78 is 5.65. The number of hydrogen-bond donors (Lipinski definition) is 1. The zero-order valence-corrected chi connectivity index (χ0v) is 7.60. The molecule has 1 saturated heterocycles. The van der Waals surface area contributed by atoms with Crippen LogP contribution in [0.25, 0.3) is 0 Å². The summed E-state index contributed by atoms with van der Waals surface area (Å²) in [7, 11) is 0. The molecule has 66 valence electrons. The van der Waals surface area contributed by atoms with Gasteiger partial charge in [-0.15, -0.1) is 0 Å². The fourth-order valence-electron chi connectivity index (χ4n) is 1.41. The number of nitrogens with one attached hydrogen (secondary N) is 1. The SMILES string of the molecule is CCCCOC1CNC(C)C1. The molecule has 2 atom stereocenters. The van der Waals surface area contributed by atoms with Crippen molar-refractivity contribution in [2.24, 2.45) is 0 Å². The predicted molar refractivity (Wildman–Crippen MR) is 46.7 cm³/mol. The number of hydrogen-bond acceptors (Lipinski definition) is 2. The van der Waals surface area contributed by atoms with Crippen molar-refractivity contribution in [2.45, 2.75) is 45.3 Å². The average Bonchev–Trinajstić information content (AvgIpc) is 2.37. The first-order valence-electron chi connectivity index (χ1n) is 4.68. The monoisotopic (exact) mass is 157 g/mol. The molecule has 0 spiro atoms. The molecule has 0 bridgehead atoms. The van der Waals surface area contributed by atoms with Crippen LogP contribution in [0.3, 0.4) is 0 Å². The van der Waals surface area contributed by atoms with Crippen molar-refractivity contribution in [3.05, 3.63) is 0 Å². The van der Waals surface area contributed by atoms with Crippen LogP contribution in [0.2, 0.25) is 0 Å². The van der Waals surface area contributed by atoms with E-state index in [2.05, 4.69) is 19.2 Å². The largest absolute Gasteiger partial charge is 0.377 e. The van der Waals surface area contributed by atoms with Crippen molar-refractivity contribution in [3.63, 3.8) is 0 Å². The fraction of sp³-hybridized carbons (Fsp3) is 1.00. The van der Waals surface area contributed by atoms with Crippen molar-refractivity contribution in [2.75, 3.05) is 13.2 Å². The van der Waals surface area contributed by atoms with Crippen molar-refractivity contribution in [1.82, 2.24) is 5.32 Å². The van der Waals surface area contributed by atoms with Crippen LogP contribution in [0.1, 0.15) is 33.1 Å². The number of ether oxygens (including phenoxy) is 1. The third-order valence-electron chi connectivity index (χ3n) is 2.16. The van der Waals surface area contributed by atoms with Crippen LogP contribution in [-0.4, -0.2) is 25.3 Å². The third kappa shape index (κ3) is 3.21. The highest BCUT2D eigenvalue weighted by atomic mass is 16.5. The maximum atomic E-state index is 5.65. The molecule has 1 aliphatic rings. The van der Waals surface area contributed by atoms with Gasteiger partial charge in [0.2, 0.25) is 0 Å². The molecular weight excluding hydrogens is 138 g/mol. The molecule has 1 fully saturated rings. The molecule has 2 nitrogen and oxygen atoms in total. The van der Waals surface area contributed by atoms with Gasteiger partial charge in [0.05, 0.1) is 6.10 Å². The van der Waals surface area contributed by atoms with Crippen LogP contribution >= 0.6 is 0 Å². The van der Waals surface area contributed by atoms with Gasteiger partial charge in [0.25, 0.3) is 0 Å². The zero-order chi connectivity index (χ0) is 8.10. The normalized spacial score (nSPS) is 31.1. The van der Waals surface area contributed by atoms with Crippen LogP contribution in [0, 0.1) is 0 Å². The summed E-state index contributed by atoms with van der Waals surface area (Å²) in [5, 5.41) is 3.37. The maximum absolute atomic E-state index is 5.65. The van der Waals surface area contributed by atoms with Crippen LogP contribution < -0.4 is 5.32 Å². The zero-order valence-electron chi connectivity index (χ0n) is 7.60. The lowest BCUT2D eigenvalue weighted by atomic mass is 10.2. The Balaban J connectivity index is 1.99. The summed E-state index contributed by atoms with van der Waals surface area (Å²) in [4.78, 5) is 0. The molecule has 1 rings (SSSR count). The lowest BCUT2D eigenvalue weighted by molar-refractivity contribution is 0.0637. The lowest BCUT2D eigenvalue weighted by Gasteiger charge is -2.09. The van der Waals surface area contributed by atoms with E-state index in [1.165, 1.54) is 19.3 Å². The highest BCUT2D eigenvalue weighted by molar-refractivity contribution is 4.78. The topological polar surface area (TPSA) is 21.3 Å². The Morgan fingerprint density at radius 3 is 2.91 bits per heavy atom. The first-order valence-corrected chi connectivity index (χ1v) is 4.68. The van der Waals surface area contributed by atoms with E-state index in [0.29, 0.717) is 12.1 Å². The predicted octanol–water partition coefficient (Wildman–Crippen LogP) is 1.55. The summed E-state index contributed by atoms with van der Waals surface area (Å²) in [5.74, 6) is 0. The molecular formula is C9H19NO. The molecule has 0 amide bonds. The molecule has 1 aliphatic heterocycles. The Kier molecular flexibility index (Phi) is 3.87. The van der Waals surface area contributed by atoms with E-state index in [-0.39, 0.29) is 0 Å². The van der Waals surface area contributed by atoms with Gasteiger partial charge in [0.15, 0.2) is 0 Å². The van der Waals surface area contributed by atoms with Gasteiger partial charge in [0, 0.05) is 19.2 Å². The molecule has 0 aromatic rings. The average molecular weight is 157 g/mol. The standard InChI is InChI=1S/C9H19NO/c1-3-4-5-11-9-6-8(2)10-7-9/h8-10H,3-7H2,1-2H3. The van der Waals surface area contributed by atoms with Crippen molar-refractivity contribution in [1.29, 1.82) is 0 Å². The Bertz CT molecular complexity index is 106. The van der Waals surface area contributed by atoms with Gasteiger partial charge >= 0.3 is 0 Å². The third-order valence-corrected chi connectivity index (χ3v) is 2.16. The van der Waals surface area contributed by atoms with E-state index in [1.807, 2.05) is 0 Å². The minimum Gasteiger partial charge on any atom is -0.377 e. The van der Waals surface area contributed by atoms with E-state index < -0.39 is 0 Å². The Hall–Kier alpha value is -0.0800. The van der Waals surface area contributed by atoms with E-state index in [0.717, 1.165) is 13.2 Å². The molecule has 0 aromatic heterocycles. The van der Waals surface area contributed by atoms with Gasteiger partial charge in [-0.3, -0.25) is 0 Å². The Morgan fingerprint density at radius 2 is 2.36 bits per heavy atom. The highest BCUT2D eigenvalue weighted by Gasteiger charge is 2.20. The quantitative estimate of drug-likeness (QED) is 0.625. The van der Waals surface area contributed by atoms with Crippen molar-refractivity contribution in [3.8, 4) is 0 Å². The molecule has 11 heavy (non-hydrogen) atoms. The molecule has 0 radical (unpaired) electrons. The summed E-state index contributed by atoms with van der Waals surface area (Å²) in [6, 6.07) is 0.654. The van der Waals surface area contributed by atoms with Gasteiger partial charge < -0.3 is 10.1 Å². The molecule has 2 heteroatoms. The van der Waals surface area contributed by atoms with Crippen molar-refractivity contribution < 1.29 is 4.74 Å². The second-order valence-corrected chi connectivity index (χ2v) is 3.39. The van der Waals surface area contributed by atoms with Crippen LogP contribution in [-0.2, 0) is 4.74 Å². The lowest BCUT2D eigenvalue weighted by Crippen LogP contribution is -2.19. The maximum Gasteiger partial charge on any atom is 0.0714 e. The van der Waals surface area contributed by atoms with Gasteiger partial charge in [-0.05, 0) is 19.8 Å². The Labute approximate surface area is 69.3 Å². The molecule has 0 saturated carbocycles. The molecule has 0 aliphatic carbocycles. The van der Waals surface area contributed by atoms with Crippen molar-refractivity contribution >= 4 is 0 Å². The smallest absolute Gasteiger partial charge is 0.0714 e. The van der Waals surface area contributed by atoms with E-state index in [4.69, 9.17) is 4.74 Å². The van der Waals surface area contributed by atoms with Gasteiger partial charge in [-0.2, -0.15) is 0 Å². The minimum absolute atomic E-state index is 0.483.